The van der Waals surface area contributed by atoms with Crippen LogP contribution in [0.5, 0.6) is 0 Å². The van der Waals surface area contributed by atoms with Gasteiger partial charge in [-0.2, -0.15) is 5.26 Å². The maximum atomic E-state index is 9.54. The fourth-order valence-corrected chi connectivity index (χ4v) is 2.61. The molecule has 0 fully saturated rings. The zero-order valence-electron chi connectivity index (χ0n) is 11.4. The Hall–Kier alpha value is -2.80. The molecule has 20 heavy (non-hydrogen) atoms. The summed E-state index contributed by atoms with van der Waals surface area (Å²) in [6, 6.07) is 12.1. The first-order valence-corrected chi connectivity index (χ1v) is 6.33. The van der Waals surface area contributed by atoms with Gasteiger partial charge in [0.25, 0.3) is 0 Å². The van der Waals surface area contributed by atoms with Crippen molar-refractivity contribution in [1.82, 2.24) is 9.55 Å². The lowest BCUT2D eigenvalue weighted by atomic mass is 10.0. The normalized spacial score (nSPS) is 10.7. The quantitative estimate of drug-likeness (QED) is 0.733. The number of nitrogen functional groups attached to an aromatic ring is 1. The van der Waals surface area contributed by atoms with E-state index in [0.717, 1.165) is 27.9 Å². The van der Waals surface area contributed by atoms with Crippen LogP contribution in [0, 0.1) is 18.3 Å². The van der Waals surface area contributed by atoms with Crippen LogP contribution in [0.4, 0.5) is 5.69 Å². The highest BCUT2D eigenvalue weighted by Gasteiger charge is 2.18. The summed E-state index contributed by atoms with van der Waals surface area (Å²) < 4.78 is 2.03. The zero-order chi connectivity index (χ0) is 14.3. The summed E-state index contributed by atoms with van der Waals surface area (Å²) in [6.07, 6.45) is 1.63. The van der Waals surface area contributed by atoms with Crippen molar-refractivity contribution in [1.29, 1.82) is 5.26 Å². The van der Waals surface area contributed by atoms with E-state index in [4.69, 9.17) is 5.73 Å². The Bertz CT molecular complexity index is 853. The molecule has 4 heteroatoms. The highest BCUT2D eigenvalue weighted by atomic mass is 15.0. The second-order valence-electron chi connectivity index (χ2n) is 4.81. The summed E-state index contributed by atoms with van der Waals surface area (Å²) in [5, 5.41) is 10.5. The van der Waals surface area contributed by atoms with Crippen LogP contribution in [0.3, 0.4) is 0 Å². The predicted octanol–water partition coefficient (Wildman–Crippen LogP) is 3.00. The Balaban J connectivity index is 2.45. The molecule has 0 aliphatic heterocycles. The molecule has 3 aromatic rings. The van der Waals surface area contributed by atoms with Crippen LogP contribution in [0.15, 0.2) is 36.5 Å². The molecular formula is C16H14N4. The van der Waals surface area contributed by atoms with Gasteiger partial charge in [0, 0.05) is 29.2 Å². The fraction of sp³-hybridized carbons (Fsp3) is 0.125. The molecule has 0 radical (unpaired) electrons. The lowest BCUT2D eigenvalue weighted by Gasteiger charge is -2.08. The lowest BCUT2D eigenvalue weighted by Crippen LogP contribution is -1.98. The second kappa shape index (κ2) is 4.39. The molecular weight excluding hydrogens is 248 g/mol. The number of nitrogens with zero attached hydrogens (tertiary/aromatic N) is 3. The van der Waals surface area contributed by atoms with Crippen LogP contribution in [0.2, 0.25) is 0 Å². The number of hydrogen-bond acceptors (Lipinski definition) is 3. The summed E-state index contributed by atoms with van der Waals surface area (Å²) in [6.45, 7) is 1.92. The Morgan fingerprint density at radius 2 is 2.05 bits per heavy atom. The van der Waals surface area contributed by atoms with Crippen molar-refractivity contribution in [2.24, 2.45) is 7.05 Å². The van der Waals surface area contributed by atoms with Crippen molar-refractivity contribution >= 4 is 16.6 Å². The number of aromatic nitrogens is 2. The van der Waals surface area contributed by atoms with Crippen molar-refractivity contribution in [3.8, 4) is 17.3 Å². The van der Waals surface area contributed by atoms with Gasteiger partial charge in [0.1, 0.15) is 6.07 Å². The number of nitrogens with two attached hydrogens (primary N) is 1. The highest BCUT2D eigenvalue weighted by Crippen LogP contribution is 2.34. The van der Waals surface area contributed by atoms with E-state index in [2.05, 4.69) is 11.1 Å². The summed E-state index contributed by atoms with van der Waals surface area (Å²) in [7, 11) is 1.96. The molecule has 0 spiro atoms. The number of rotatable bonds is 1. The van der Waals surface area contributed by atoms with Gasteiger partial charge in [-0.3, -0.25) is 4.98 Å². The summed E-state index contributed by atoms with van der Waals surface area (Å²) in [5.41, 5.74) is 10.8. The van der Waals surface area contributed by atoms with E-state index in [1.807, 2.05) is 48.9 Å². The summed E-state index contributed by atoms with van der Waals surface area (Å²) in [5.74, 6) is 0. The lowest BCUT2D eigenvalue weighted by molar-refractivity contribution is 0.971. The van der Waals surface area contributed by atoms with E-state index in [-0.39, 0.29) is 0 Å². The molecule has 0 saturated heterocycles. The average Bonchev–Trinajstić information content (AvgIpc) is 2.74. The second-order valence-corrected chi connectivity index (χ2v) is 4.81. The van der Waals surface area contributed by atoms with Gasteiger partial charge in [-0.25, -0.2) is 0 Å². The maximum Gasteiger partial charge on any atom is 0.102 e. The van der Waals surface area contributed by atoms with E-state index in [0.29, 0.717) is 11.3 Å². The van der Waals surface area contributed by atoms with E-state index in [1.54, 1.807) is 6.20 Å². The number of nitriles is 1. The first kappa shape index (κ1) is 12.2. The standard InChI is InChI=1S/C16H14N4/c1-10-13(7-11(18)9-19-10)16-14(8-17)12-5-3-4-6-15(12)20(16)2/h3-7,9H,18H2,1-2H3. The third-order valence-electron chi connectivity index (χ3n) is 3.58. The Labute approximate surface area is 117 Å². The fourth-order valence-electron chi connectivity index (χ4n) is 2.61. The number of benzene rings is 1. The summed E-state index contributed by atoms with van der Waals surface area (Å²) >= 11 is 0. The SMILES string of the molecule is Cc1ncc(N)cc1-c1c(C#N)c2ccccc2n1C. The molecule has 4 nitrogen and oxygen atoms in total. The van der Waals surface area contributed by atoms with E-state index >= 15 is 0 Å². The summed E-state index contributed by atoms with van der Waals surface area (Å²) in [4.78, 5) is 4.29. The van der Waals surface area contributed by atoms with Gasteiger partial charge in [-0.1, -0.05) is 18.2 Å². The van der Waals surface area contributed by atoms with Crippen molar-refractivity contribution in [2.45, 2.75) is 6.92 Å². The molecule has 0 amide bonds. The van der Waals surface area contributed by atoms with Gasteiger partial charge in [-0.05, 0) is 19.1 Å². The van der Waals surface area contributed by atoms with E-state index in [9.17, 15) is 5.26 Å². The Kier molecular flexibility index (Phi) is 2.69. The monoisotopic (exact) mass is 262 g/mol. The molecule has 0 aliphatic rings. The molecule has 2 N–H and O–H groups in total. The third-order valence-corrected chi connectivity index (χ3v) is 3.58. The molecule has 0 atom stereocenters. The van der Waals surface area contributed by atoms with Crippen LogP contribution in [0.1, 0.15) is 11.3 Å². The highest BCUT2D eigenvalue weighted by molar-refractivity contribution is 5.95. The van der Waals surface area contributed by atoms with Gasteiger partial charge in [0.15, 0.2) is 0 Å². The van der Waals surface area contributed by atoms with Crippen molar-refractivity contribution in [2.75, 3.05) is 5.73 Å². The molecule has 0 bridgehead atoms. The van der Waals surface area contributed by atoms with Gasteiger partial charge in [-0.15, -0.1) is 0 Å². The molecule has 98 valence electrons. The minimum Gasteiger partial charge on any atom is -0.397 e. The van der Waals surface area contributed by atoms with Crippen LogP contribution < -0.4 is 5.73 Å². The van der Waals surface area contributed by atoms with Gasteiger partial charge in [0.2, 0.25) is 0 Å². The first-order valence-electron chi connectivity index (χ1n) is 6.33. The van der Waals surface area contributed by atoms with Crippen LogP contribution in [-0.2, 0) is 7.05 Å². The molecule has 0 aliphatic carbocycles. The molecule has 2 aromatic heterocycles. The number of aryl methyl sites for hydroxylation is 2. The van der Waals surface area contributed by atoms with Crippen molar-refractivity contribution in [3.05, 3.63) is 47.8 Å². The number of anilines is 1. The van der Waals surface area contributed by atoms with Gasteiger partial charge < -0.3 is 10.3 Å². The van der Waals surface area contributed by atoms with Crippen LogP contribution >= 0.6 is 0 Å². The molecule has 3 rings (SSSR count). The van der Waals surface area contributed by atoms with Crippen LogP contribution in [0.25, 0.3) is 22.2 Å². The number of pyridine rings is 1. The molecule has 1 aromatic carbocycles. The predicted molar refractivity (Wildman–Crippen MR) is 80.0 cm³/mol. The minimum absolute atomic E-state index is 0.597. The van der Waals surface area contributed by atoms with Gasteiger partial charge >= 0.3 is 0 Å². The molecule has 0 saturated carbocycles. The smallest absolute Gasteiger partial charge is 0.102 e. The maximum absolute atomic E-state index is 9.54. The number of hydrogen-bond donors (Lipinski definition) is 1. The topological polar surface area (TPSA) is 67.6 Å². The Morgan fingerprint density at radius 1 is 1.30 bits per heavy atom. The Morgan fingerprint density at radius 3 is 2.80 bits per heavy atom. The van der Waals surface area contributed by atoms with Crippen molar-refractivity contribution < 1.29 is 0 Å². The van der Waals surface area contributed by atoms with Crippen LogP contribution in [-0.4, -0.2) is 9.55 Å². The van der Waals surface area contributed by atoms with E-state index < -0.39 is 0 Å². The van der Waals surface area contributed by atoms with Crippen molar-refractivity contribution in [3.63, 3.8) is 0 Å². The molecule has 2 heterocycles. The number of para-hydroxylation sites is 1. The third kappa shape index (κ3) is 1.64. The number of fused-ring (bicyclic) bond motifs is 1. The minimum atomic E-state index is 0.597. The first-order chi connectivity index (χ1) is 9.63. The largest absolute Gasteiger partial charge is 0.397 e. The average molecular weight is 262 g/mol. The zero-order valence-corrected chi connectivity index (χ0v) is 11.4. The van der Waals surface area contributed by atoms with E-state index in [1.165, 1.54) is 0 Å². The van der Waals surface area contributed by atoms with Gasteiger partial charge in [0.05, 0.1) is 23.1 Å². The molecule has 0 unspecified atom stereocenters.